The van der Waals surface area contributed by atoms with Gasteiger partial charge in [0.05, 0.1) is 27.8 Å². The van der Waals surface area contributed by atoms with Gasteiger partial charge < -0.3 is 9.47 Å². The summed E-state index contributed by atoms with van der Waals surface area (Å²) in [5.74, 6) is -1.07. The minimum atomic E-state index is -0.662. The molecule has 0 aliphatic heterocycles. The largest absolute Gasteiger partial charge is 0.462 e. The van der Waals surface area contributed by atoms with Gasteiger partial charge in [-0.05, 0) is 36.8 Å². The monoisotopic (exact) mass is 352 g/mol. The van der Waals surface area contributed by atoms with Crippen LogP contribution in [0.4, 0.5) is 0 Å². The van der Waals surface area contributed by atoms with E-state index in [4.69, 9.17) is 32.7 Å². The van der Waals surface area contributed by atoms with Gasteiger partial charge >= 0.3 is 11.9 Å². The number of ether oxygens (including phenoxy) is 2. The standard InChI is InChI=1S/C17H14Cl2O4/c1-2-9-22-16(20)11-5-3-6-12(10-11)17(21)23-15-13(18)7-4-8-14(15)19/h3-8,10H,2,9H2,1H3. The van der Waals surface area contributed by atoms with Gasteiger partial charge in [0.15, 0.2) is 5.75 Å². The number of benzene rings is 2. The van der Waals surface area contributed by atoms with Crippen molar-refractivity contribution in [2.75, 3.05) is 6.61 Å². The molecular weight excluding hydrogens is 339 g/mol. The van der Waals surface area contributed by atoms with Crippen molar-refractivity contribution in [1.82, 2.24) is 0 Å². The summed E-state index contributed by atoms with van der Waals surface area (Å²) < 4.78 is 10.3. The summed E-state index contributed by atoms with van der Waals surface area (Å²) >= 11 is 11.9. The molecular formula is C17H14Cl2O4. The molecule has 0 saturated carbocycles. The quantitative estimate of drug-likeness (QED) is 0.573. The molecule has 0 unspecified atom stereocenters. The van der Waals surface area contributed by atoms with Crippen LogP contribution in [0.5, 0.6) is 5.75 Å². The van der Waals surface area contributed by atoms with E-state index in [1.807, 2.05) is 6.92 Å². The summed E-state index contributed by atoms with van der Waals surface area (Å²) in [6.07, 6.45) is 0.721. The molecule has 0 N–H and O–H groups in total. The van der Waals surface area contributed by atoms with Gasteiger partial charge in [-0.15, -0.1) is 0 Å². The van der Waals surface area contributed by atoms with Gasteiger partial charge in [-0.25, -0.2) is 9.59 Å². The number of rotatable bonds is 5. The topological polar surface area (TPSA) is 52.6 Å². The second-order valence-electron chi connectivity index (χ2n) is 4.66. The molecule has 0 bridgehead atoms. The molecule has 120 valence electrons. The van der Waals surface area contributed by atoms with Crippen molar-refractivity contribution in [1.29, 1.82) is 0 Å². The fourth-order valence-electron chi connectivity index (χ4n) is 1.78. The van der Waals surface area contributed by atoms with E-state index in [1.165, 1.54) is 12.1 Å². The molecule has 0 aliphatic carbocycles. The Kier molecular flexibility index (Phi) is 6.02. The smallest absolute Gasteiger partial charge is 0.343 e. The van der Waals surface area contributed by atoms with Crippen molar-refractivity contribution >= 4 is 35.1 Å². The minimum Gasteiger partial charge on any atom is -0.462 e. The summed E-state index contributed by atoms with van der Waals surface area (Å²) in [4.78, 5) is 24.0. The van der Waals surface area contributed by atoms with Gasteiger partial charge in [-0.1, -0.05) is 42.3 Å². The zero-order valence-electron chi connectivity index (χ0n) is 12.3. The molecule has 6 heteroatoms. The maximum absolute atomic E-state index is 12.2. The van der Waals surface area contributed by atoms with Crippen LogP contribution >= 0.6 is 23.2 Å². The maximum atomic E-state index is 12.2. The van der Waals surface area contributed by atoms with Crippen molar-refractivity contribution in [3.05, 3.63) is 63.6 Å². The Morgan fingerprint density at radius 3 is 2.13 bits per heavy atom. The number of hydrogen-bond donors (Lipinski definition) is 0. The third-order valence-corrected chi connectivity index (χ3v) is 3.48. The molecule has 4 nitrogen and oxygen atoms in total. The summed E-state index contributed by atoms with van der Waals surface area (Å²) in [6, 6.07) is 10.9. The predicted molar refractivity (Wildman–Crippen MR) is 88.4 cm³/mol. The van der Waals surface area contributed by atoms with Crippen LogP contribution in [0.2, 0.25) is 10.0 Å². The number of carbonyl (C=O) groups excluding carboxylic acids is 2. The fraction of sp³-hybridized carbons (Fsp3) is 0.176. The number of hydrogen-bond acceptors (Lipinski definition) is 4. The molecule has 0 saturated heterocycles. The molecule has 0 amide bonds. The lowest BCUT2D eigenvalue weighted by Crippen LogP contribution is -2.11. The second-order valence-corrected chi connectivity index (χ2v) is 5.47. The van der Waals surface area contributed by atoms with E-state index in [-0.39, 0.29) is 26.9 Å². The summed E-state index contributed by atoms with van der Waals surface area (Å²) in [5, 5.41) is 0.453. The van der Waals surface area contributed by atoms with Crippen LogP contribution in [-0.2, 0) is 4.74 Å². The molecule has 2 aromatic carbocycles. The predicted octanol–water partition coefficient (Wildman–Crippen LogP) is 4.78. The Morgan fingerprint density at radius 1 is 0.957 bits per heavy atom. The average Bonchev–Trinajstić information content (AvgIpc) is 2.56. The Bertz CT molecular complexity index is 708. The van der Waals surface area contributed by atoms with Crippen LogP contribution in [0.3, 0.4) is 0 Å². The molecule has 0 heterocycles. The highest BCUT2D eigenvalue weighted by Gasteiger charge is 2.16. The van der Waals surface area contributed by atoms with E-state index >= 15 is 0 Å². The van der Waals surface area contributed by atoms with Gasteiger partial charge in [0.25, 0.3) is 0 Å². The number of esters is 2. The van der Waals surface area contributed by atoms with Gasteiger partial charge in [0, 0.05) is 0 Å². The Morgan fingerprint density at radius 2 is 1.52 bits per heavy atom. The van der Waals surface area contributed by atoms with Gasteiger partial charge in [-0.3, -0.25) is 0 Å². The maximum Gasteiger partial charge on any atom is 0.343 e. The molecule has 0 atom stereocenters. The molecule has 0 radical (unpaired) electrons. The van der Waals surface area contributed by atoms with Crippen LogP contribution < -0.4 is 4.74 Å². The third kappa shape index (κ3) is 4.47. The zero-order chi connectivity index (χ0) is 16.8. The van der Waals surface area contributed by atoms with Crippen molar-refractivity contribution in [3.8, 4) is 5.75 Å². The minimum absolute atomic E-state index is 0.0831. The average molecular weight is 353 g/mol. The third-order valence-electron chi connectivity index (χ3n) is 2.88. The Labute approximate surface area is 143 Å². The molecule has 2 rings (SSSR count). The molecule has 0 fully saturated rings. The van der Waals surface area contributed by atoms with E-state index < -0.39 is 11.9 Å². The highest BCUT2D eigenvalue weighted by molar-refractivity contribution is 6.37. The first-order valence-corrected chi connectivity index (χ1v) is 7.72. The van der Waals surface area contributed by atoms with Crippen molar-refractivity contribution < 1.29 is 19.1 Å². The first-order chi connectivity index (χ1) is 11.0. The van der Waals surface area contributed by atoms with Gasteiger partial charge in [-0.2, -0.15) is 0 Å². The Balaban J connectivity index is 2.18. The van der Waals surface area contributed by atoms with E-state index in [0.29, 0.717) is 6.61 Å². The first-order valence-electron chi connectivity index (χ1n) is 6.96. The van der Waals surface area contributed by atoms with Crippen LogP contribution in [-0.4, -0.2) is 18.5 Å². The highest BCUT2D eigenvalue weighted by atomic mass is 35.5. The first kappa shape index (κ1) is 17.3. The zero-order valence-corrected chi connectivity index (χ0v) is 13.9. The van der Waals surface area contributed by atoms with E-state index in [1.54, 1.807) is 30.3 Å². The summed E-state index contributed by atoms with van der Waals surface area (Å²) in [6.45, 7) is 2.22. The second kappa shape index (κ2) is 7.99. The molecule has 0 aliphatic rings. The van der Waals surface area contributed by atoms with Crippen LogP contribution in [0.1, 0.15) is 34.1 Å². The normalized spacial score (nSPS) is 10.2. The number of carbonyl (C=O) groups is 2. The highest BCUT2D eigenvalue weighted by Crippen LogP contribution is 2.32. The van der Waals surface area contributed by atoms with Crippen LogP contribution in [0, 0.1) is 0 Å². The SMILES string of the molecule is CCCOC(=O)c1cccc(C(=O)Oc2c(Cl)cccc2Cl)c1. The number of halogens is 2. The van der Waals surface area contributed by atoms with Gasteiger partial charge in [0.1, 0.15) is 0 Å². The van der Waals surface area contributed by atoms with E-state index in [2.05, 4.69) is 0 Å². The molecule has 2 aromatic rings. The van der Waals surface area contributed by atoms with Crippen molar-refractivity contribution in [3.63, 3.8) is 0 Å². The number of para-hydroxylation sites is 1. The lowest BCUT2D eigenvalue weighted by atomic mass is 10.1. The van der Waals surface area contributed by atoms with Crippen LogP contribution in [0.15, 0.2) is 42.5 Å². The van der Waals surface area contributed by atoms with Crippen molar-refractivity contribution in [2.45, 2.75) is 13.3 Å². The van der Waals surface area contributed by atoms with E-state index in [0.717, 1.165) is 6.42 Å². The molecule has 0 spiro atoms. The van der Waals surface area contributed by atoms with Crippen LogP contribution in [0.25, 0.3) is 0 Å². The lowest BCUT2D eigenvalue weighted by Gasteiger charge is -2.09. The molecule has 0 aromatic heterocycles. The van der Waals surface area contributed by atoms with E-state index in [9.17, 15) is 9.59 Å². The Hall–Kier alpha value is -2.04. The lowest BCUT2D eigenvalue weighted by molar-refractivity contribution is 0.0505. The molecule has 23 heavy (non-hydrogen) atoms. The fourth-order valence-corrected chi connectivity index (χ4v) is 2.26. The van der Waals surface area contributed by atoms with Crippen molar-refractivity contribution in [2.24, 2.45) is 0 Å². The summed E-state index contributed by atoms with van der Waals surface area (Å²) in [5.41, 5.74) is 0.477. The van der Waals surface area contributed by atoms with Gasteiger partial charge in [0.2, 0.25) is 0 Å². The summed E-state index contributed by atoms with van der Waals surface area (Å²) in [7, 11) is 0.